The number of nitrogens with zero attached hydrogens (tertiary/aromatic N) is 1. The van der Waals surface area contributed by atoms with Crippen molar-refractivity contribution in [1.29, 1.82) is 0 Å². The molecule has 0 aliphatic rings. The molecule has 3 nitrogen and oxygen atoms in total. The van der Waals surface area contributed by atoms with Crippen molar-refractivity contribution in [3.8, 4) is 5.75 Å². The fraction of sp³-hybridized carbons (Fsp3) is 0.188. The topological polar surface area (TPSA) is 33.6 Å². The van der Waals surface area contributed by atoms with Crippen LogP contribution in [0.25, 0.3) is 0 Å². The molecule has 0 aliphatic heterocycles. The number of nitrogens with one attached hydrogen (secondary N) is 1. The highest BCUT2D eigenvalue weighted by molar-refractivity contribution is 9.10. The summed E-state index contributed by atoms with van der Waals surface area (Å²) in [5.74, 6) is 0.872. The number of ether oxygens (including phenoxy) is 1. The molecule has 0 unspecified atom stereocenters. The van der Waals surface area contributed by atoms with Gasteiger partial charge in [0, 0.05) is 10.0 Å². The fourth-order valence-electron chi connectivity index (χ4n) is 1.85. The molecule has 2 aromatic carbocycles. The summed E-state index contributed by atoms with van der Waals surface area (Å²) in [6, 6.07) is 16.0. The third kappa shape index (κ3) is 3.84. The van der Waals surface area contributed by atoms with Crippen molar-refractivity contribution >= 4 is 21.6 Å². The first-order valence-corrected chi connectivity index (χ1v) is 7.15. The maximum atomic E-state index is 5.31. The van der Waals surface area contributed by atoms with Crippen LogP contribution in [0.2, 0.25) is 0 Å². The number of hydrazone groups is 1. The molecular weight excluding hydrogens is 316 g/mol. The molecule has 0 aromatic heterocycles. The molecule has 0 amide bonds. The number of rotatable bonds is 5. The van der Waals surface area contributed by atoms with Crippen LogP contribution >= 0.6 is 15.9 Å². The lowest BCUT2D eigenvalue weighted by Crippen LogP contribution is -2.10. The molecule has 0 heterocycles. The third-order valence-corrected chi connectivity index (χ3v) is 3.50. The zero-order valence-electron chi connectivity index (χ0n) is 11.6. The van der Waals surface area contributed by atoms with Crippen LogP contribution in [0.1, 0.15) is 18.1 Å². The highest BCUT2D eigenvalue weighted by Gasteiger charge is 2.01. The van der Waals surface area contributed by atoms with Gasteiger partial charge in [0.1, 0.15) is 5.75 Å². The Labute approximate surface area is 127 Å². The lowest BCUT2D eigenvalue weighted by Gasteiger charge is -2.08. The van der Waals surface area contributed by atoms with Crippen LogP contribution in [0.4, 0.5) is 0 Å². The van der Waals surface area contributed by atoms with E-state index < -0.39 is 0 Å². The van der Waals surface area contributed by atoms with Gasteiger partial charge in [-0.15, -0.1) is 0 Å². The minimum atomic E-state index is 0.637. The molecule has 4 heteroatoms. The van der Waals surface area contributed by atoms with Gasteiger partial charge in [0.05, 0.1) is 19.4 Å². The summed E-state index contributed by atoms with van der Waals surface area (Å²) in [4.78, 5) is 0. The lowest BCUT2D eigenvalue weighted by molar-refractivity contribution is 0.408. The van der Waals surface area contributed by atoms with Gasteiger partial charge in [-0.05, 0) is 30.7 Å². The number of para-hydroxylation sites is 1. The van der Waals surface area contributed by atoms with E-state index in [1.807, 2.05) is 55.5 Å². The zero-order valence-corrected chi connectivity index (χ0v) is 13.1. The molecular formula is C16H17BrN2O. The molecule has 1 N–H and O–H groups in total. The first-order valence-electron chi connectivity index (χ1n) is 6.35. The Kier molecular flexibility index (Phi) is 5.18. The first kappa shape index (κ1) is 14.6. The van der Waals surface area contributed by atoms with E-state index in [-0.39, 0.29) is 0 Å². The number of benzene rings is 2. The van der Waals surface area contributed by atoms with Crippen LogP contribution < -0.4 is 10.2 Å². The smallest absolute Gasteiger partial charge is 0.123 e. The van der Waals surface area contributed by atoms with E-state index in [0.29, 0.717) is 6.54 Å². The van der Waals surface area contributed by atoms with Crippen LogP contribution in [0, 0.1) is 0 Å². The van der Waals surface area contributed by atoms with Crippen molar-refractivity contribution in [3.63, 3.8) is 0 Å². The Morgan fingerprint density at radius 3 is 2.55 bits per heavy atom. The standard InChI is InChI=1S/C16H17BrN2O/c1-12(13-7-9-15(17)10-8-13)19-18-11-14-5-3-4-6-16(14)20-2/h3-10,18H,11H2,1-2H3/b19-12+. The van der Waals surface area contributed by atoms with Gasteiger partial charge in [-0.3, -0.25) is 0 Å². The molecule has 0 saturated heterocycles. The van der Waals surface area contributed by atoms with E-state index in [1.165, 1.54) is 0 Å². The summed E-state index contributed by atoms with van der Waals surface area (Å²) in [7, 11) is 1.68. The molecule has 0 fully saturated rings. The first-order chi connectivity index (χ1) is 9.70. The van der Waals surface area contributed by atoms with E-state index in [4.69, 9.17) is 4.74 Å². The van der Waals surface area contributed by atoms with Gasteiger partial charge in [0.15, 0.2) is 0 Å². The normalized spacial score (nSPS) is 11.2. The van der Waals surface area contributed by atoms with E-state index in [9.17, 15) is 0 Å². The van der Waals surface area contributed by atoms with E-state index in [0.717, 1.165) is 27.1 Å². The maximum absolute atomic E-state index is 5.31. The molecule has 104 valence electrons. The molecule has 0 atom stereocenters. The summed E-state index contributed by atoms with van der Waals surface area (Å²) >= 11 is 3.42. The van der Waals surface area contributed by atoms with Crippen LogP contribution in [0.3, 0.4) is 0 Å². The highest BCUT2D eigenvalue weighted by atomic mass is 79.9. The third-order valence-electron chi connectivity index (χ3n) is 2.97. The summed E-state index contributed by atoms with van der Waals surface area (Å²) in [6.45, 7) is 2.62. The highest BCUT2D eigenvalue weighted by Crippen LogP contribution is 2.16. The van der Waals surface area contributed by atoms with Crippen molar-refractivity contribution in [3.05, 3.63) is 64.1 Å². The number of hydrogen-bond acceptors (Lipinski definition) is 3. The van der Waals surface area contributed by atoms with E-state index in [1.54, 1.807) is 7.11 Å². The zero-order chi connectivity index (χ0) is 14.4. The lowest BCUT2D eigenvalue weighted by atomic mass is 10.1. The van der Waals surface area contributed by atoms with Gasteiger partial charge >= 0.3 is 0 Å². The largest absolute Gasteiger partial charge is 0.496 e. The average molecular weight is 333 g/mol. The second-order valence-corrected chi connectivity index (χ2v) is 5.27. The minimum Gasteiger partial charge on any atom is -0.496 e. The van der Waals surface area contributed by atoms with Gasteiger partial charge in [-0.25, -0.2) is 0 Å². The van der Waals surface area contributed by atoms with E-state index >= 15 is 0 Å². The predicted octanol–water partition coefficient (Wildman–Crippen LogP) is 3.97. The van der Waals surface area contributed by atoms with Gasteiger partial charge in [-0.1, -0.05) is 46.3 Å². The average Bonchev–Trinajstić information content (AvgIpc) is 2.48. The van der Waals surface area contributed by atoms with Crippen LogP contribution in [-0.2, 0) is 6.54 Å². The molecule has 0 aliphatic carbocycles. The Hall–Kier alpha value is -1.81. The maximum Gasteiger partial charge on any atom is 0.123 e. The monoisotopic (exact) mass is 332 g/mol. The Bertz CT molecular complexity index is 594. The number of hydrogen-bond donors (Lipinski definition) is 1. The van der Waals surface area contributed by atoms with Crippen molar-refractivity contribution < 1.29 is 4.74 Å². The van der Waals surface area contributed by atoms with E-state index in [2.05, 4.69) is 26.5 Å². The summed E-state index contributed by atoms with van der Waals surface area (Å²) in [5.41, 5.74) is 6.22. The molecule has 0 bridgehead atoms. The van der Waals surface area contributed by atoms with Gasteiger partial charge in [0.25, 0.3) is 0 Å². The Balaban J connectivity index is 2.00. The molecule has 0 radical (unpaired) electrons. The molecule has 0 saturated carbocycles. The summed E-state index contributed by atoms with van der Waals surface area (Å²) in [6.07, 6.45) is 0. The number of methoxy groups -OCH3 is 1. The predicted molar refractivity (Wildman–Crippen MR) is 86.2 cm³/mol. The van der Waals surface area contributed by atoms with Crippen LogP contribution in [0.15, 0.2) is 58.1 Å². The SMILES string of the molecule is COc1ccccc1CN/N=C(\C)c1ccc(Br)cc1. The van der Waals surface area contributed by atoms with Gasteiger partial charge < -0.3 is 10.2 Å². The van der Waals surface area contributed by atoms with Crippen LogP contribution in [0.5, 0.6) is 5.75 Å². The van der Waals surface area contributed by atoms with Crippen molar-refractivity contribution in [2.24, 2.45) is 5.10 Å². The van der Waals surface area contributed by atoms with Crippen molar-refractivity contribution in [2.75, 3.05) is 7.11 Å². The quantitative estimate of drug-likeness (QED) is 0.663. The number of halogens is 1. The molecule has 0 spiro atoms. The molecule has 20 heavy (non-hydrogen) atoms. The second kappa shape index (κ2) is 7.10. The minimum absolute atomic E-state index is 0.637. The Morgan fingerprint density at radius 1 is 1.15 bits per heavy atom. The van der Waals surface area contributed by atoms with Gasteiger partial charge in [0.2, 0.25) is 0 Å². The fourth-order valence-corrected chi connectivity index (χ4v) is 2.11. The second-order valence-electron chi connectivity index (χ2n) is 4.35. The summed E-state index contributed by atoms with van der Waals surface area (Å²) < 4.78 is 6.37. The molecule has 2 aromatic rings. The van der Waals surface area contributed by atoms with Crippen molar-refractivity contribution in [2.45, 2.75) is 13.5 Å². The molecule has 2 rings (SSSR count). The summed E-state index contributed by atoms with van der Waals surface area (Å²) in [5, 5.41) is 4.39. The van der Waals surface area contributed by atoms with Crippen molar-refractivity contribution in [1.82, 2.24) is 5.43 Å². The van der Waals surface area contributed by atoms with Gasteiger partial charge in [-0.2, -0.15) is 5.10 Å². The van der Waals surface area contributed by atoms with Crippen LogP contribution in [-0.4, -0.2) is 12.8 Å². The Morgan fingerprint density at radius 2 is 1.85 bits per heavy atom.